The number of hydrogen-bond acceptors (Lipinski definition) is 4. The van der Waals surface area contributed by atoms with Crippen molar-refractivity contribution in [1.82, 2.24) is 4.98 Å². The van der Waals surface area contributed by atoms with Crippen LogP contribution in [0.25, 0.3) is 0 Å². The first-order valence-electron chi connectivity index (χ1n) is 5.56. The minimum Gasteiger partial charge on any atom is -0.320 e. The average Bonchev–Trinajstić information content (AvgIpc) is 2.66. The summed E-state index contributed by atoms with van der Waals surface area (Å²) in [7, 11) is 0. The van der Waals surface area contributed by atoms with Crippen molar-refractivity contribution in [3.63, 3.8) is 0 Å². The van der Waals surface area contributed by atoms with Crippen LogP contribution in [0.1, 0.15) is 44.4 Å². The molecule has 0 radical (unpaired) electrons. The summed E-state index contributed by atoms with van der Waals surface area (Å²) in [5.41, 5.74) is 5.71. The van der Waals surface area contributed by atoms with Gasteiger partial charge in [0.05, 0.1) is 6.04 Å². The first kappa shape index (κ1) is 13.1. The van der Waals surface area contributed by atoms with Gasteiger partial charge in [-0.15, -0.1) is 11.3 Å². The summed E-state index contributed by atoms with van der Waals surface area (Å²) in [5.74, 6) is 0.291. The fourth-order valence-electron chi connectivity index (χ4n) is 1.25. The molecule has 0 aliphatic heterocycles. The van der Waals surface area contributed by atoms with E-state index >= 15 is 0 Å². The van der Waals surface area contributed by atoms with Crippen LogP contribution in [-0.4, -0.2) is 16.9 Å². The van der Waals surface area contributed by atoms with Crippen molar-refractivity contribution >= 4 is 22.4 Å². The molecule has 90 valence electrons. The number of nitrogens with two attached hydrogens (primary N) is 1. The summed E-state index contributed by atoms with van der Waals surface area (Å²) in [6.45, 7) is 6.21. The second kappa shape index (κ2) is 5.96. The van der Waals surface area contributed by atoms with Crippen LogP contribution in [-0.2, 0) is 4.79 Å². The lowest BCUT2D eigenvalue weighted by molar-refractivity contribution is -0.117. The molecule has 1 atom stereocenters. The van der Waals surface area contributed by atoms with E-state index in [0.717, 1.165) is 6.42 Å². The second-order valence-electron chi connectivity index (χ2n) is 4.11. The van der Waals surface area contributed by atoms with Crippen LogP contribution in [0.3, 0.4) is 0 Å². The number of anilines is 1. The van der Waals surface area contributed by atoms with E-state index in [4.69, 9.17) is 5.73 Å². The van der Waals surface area contributed by atoms with E-state index in [1.54, 1.807) is 6.20 Å². The number of hydrogen-bond donors (Lipinski definition) is 2. The topological polar surface area (TPSA) is 68.0 Å². The van der Waals surface area contributed by atoms with Crippen LogP contribution < -0.4 is 11.1 Å². The molecular formula is C11H19N3OS. The number of carbonyl (C=O) groups is 1. The fraction of sp³-hybridized carbons (Fsp3) is 0.636. The summed E-state index contributed by atoms with van der Waals surface area (Å²) in [6.07, 6.45) is 3.41. The van der Waals surface area contributed by atoms with Gasteiger partial charge in [0.25, 0.3) is 0 Å². The molecule has 5 heteroatoms. The predicted octanol–water partition coefficient (Wildman–Crippen LogP) is 2.33. The molecule has 1 heterocycles. The number of thiazole rings is 1. The minimum absolute atomic E-state index is 0.147. The van der Waals surface area contributed by atoms with Gasteiger partial charge in [-0.2, -0.15) is 0 Å². The maximum absolute atomic E-state index is 11.6. The van der Waals surface area contributed by atoms with Gasteiger partial charge in [-0.3, -0.25) is 4.79 Å². The molecule has 1 unspecified atom stereocenters. The highest BCUT2D eigenvalue weighted by molar-refractivity contribution is 7.15. The summed E-state index contributed by atoms with van der Waals surface area (Å²) in [5, 5.41) is 3.38. The number of amides is 1. The van der Waals surface area contributed by atoms with Gasteiger partial charge in [0.1, 0.15) is 0 Å². The van der Waals surface area contributed by atoms with Crippen LogP contribution in [0.5, 0.6) is 0 Å². The first-order valence-corrected chi connectivity index (χ1v) is 6.38. The Kier molecular flexibility index (Phi) is 4.89. The van der Waals surface area contributed by atoms with Crippen LogP contribution in [0.4, 0.5) is 5.13 Å². The van der Waals surface area contributed by atoms with Crippen molar-refractivity contribution in [3.05, 3.63) is 11.1 Å². The number of carbonyl (C=O) groups excluding carboxylic acids is 1. The third-order valence-corrected chi connectivity index (χ3v) is 3.47. The molecule has 1 aromatic rings. The minimum atomic E-state index is -0.434. The molecular weight excluding hydrogens is 222 g/mol. The van der Waals surface area contributed by atoms with Gasteiger partial charge in [0.2, 0.25) is 5.91 Å². The van der Waals surface area contributed by atoms with Gasteiger partial charge in [0, 0.05) is 11.1 Å². The summed E-state index contributed by atoms with van der Waals surface area (Å²) >= 11 is 1.51. The Balaban J connectivity index is 2.56. The summed E-state index contributed by atoms with van der Waals surface area (Å²) < 4.78 is 0. The molecule has 0 bridgehead atoms. The number of rotatable bonds is 5. The molecule has 0 spiro atoms. The summed E-state index contributed by atoms with van der Waals surface area (Å²) in [6, 6.07) is -0.434. The van der Waals surface area contributed by atoms with E-state index in [1.165, 1.54) is 16.2 Å². The Morgan fingerprint density at radius 3 is 2.81 bits per heavy atom. The van der Waals surface area contributed by atoms with E-state index in [9.17, 15) is 4.79 Å². The normalized spacial score (nSPS) is 12.8. The van der Waals surface area contributed by atoms with Gasteiger partial charge in [0.15, 0.2) is 5.13 Å². The summed E-state index contributed by atoms with van der Waals surface area (Å²) in [4.78, 5) is 16.9. The smallest absolute Gasteiger partial charge is 0.243 e. The number of nitrogens with zero attached hydrogens (tertiary/aromatic N) is 1. The highest BCUT2D eigenvalue weighted by Gasteiger charge is 2.14. The van der Waals surface area contributed by atoms with Crippen LogP contribution >= 0.6 is 11.3 Å². The zero-order valence-corrected chi connectivity index (χ0v) is 10.8. The molecule has 0 aromatic carbocycles. The Hall–Kier alpha value is -0.940. The molecule has 0 aliphatic rings. The largest absolute Gasteiger partial charge is 0.320 e. The zero-order chi connectivity index (χ0) is 12.1. The van der Waals surface area contributed by atoms with Crippen molar-refractivity contribution in [2.45, 2.75) is 45.6 Å². The van der Waals surface area contributed by atoms with Crippen LogP contribution in [0.15, 0.2) is 6.20 Å². The fourth-order valence-corrected chi connectivity index (χ4v) is 2.07. The SMILES string of the molecule is CCCC(N)C(=O)Nc1ncc(C(C)C)s1. The Labute approximate surface area is 100 Å². The quantitative estimate of drug-likeness (QED) is 0.831. The lowest BCUT2D eigenvalue weighted by Crippen LogP contribution is -2.35. The zero-order valence-electron chi connectivity index (χ0n) is 9.99. The maximum Gasteiger partial charge on any atom is 0.243 e. The first-order chi connectivity index (χ1) is 7.54. The average molecular weight is 241 g/mol. The monoisotopic (exact) mass is 241 g/mol. The van der Waals surface area contributed by atoms with Crippen LogP contribution in [0, 0.1) is 0 Å². The van der Waals surface area contributed by atoms with Crippen molar-refractivity contribution in [2.24, 2.45) is 5.73 Å². The molecule has 16 heavy (non-hydrogen) atoms. The Morgan fingerprint density at radius 1 is 1.62 bits per heavy atom. The maximum atomic E-state index is 11.6. The molecule has 1 amide bonds. The number of aromatic nitrogens is 1. The molecule has 0 saturated carbocycles. The molecule has 4 nitrogen and oxygen atoms in total. The number of nitrogens with one attached hydrogen (secondary N) is 1. The van der Waals surface area contributed by atoms with Gasteiger partial charge in [-0.25, -0.2) is 4.98 Å². The van der Waals surface area contributed by atoms with Gasteiger partial charge in [-0.1, -0.05) is 27.2 Å². The lowest BCUT2D eigenvalue weighted by atomic mass is 10.2. The molecule has 1 aromatic heterocycles. The van der Waals surface area contributed by atoms with E-state index in [-0.39, 0.29) is 5.91 Å². The molecule has 3 N–H and O–H groups in total. The van der Waals surface area contributed by atoms with Gasteiger partial charge in [-0.05, 0) is 12.3 Å². The van der Waals surface area contributed by atoms with E-state index < -0.39 is 6.04 Å². The van der Waals surface area contributed by atoms with Gasteiger partial charge >= 0.3 is 0 Å². The van der Waals surface area contributed by atoms with Gasteiger partial charge < -0.3 is 11.1 Å². The molecule has 0 fully saturated rings. The van der Waals surface area contributed by atoms with E-state index in [2.05, 4.69) is 24.1 Å². The third kappa shape index (κ3) is 3.57. The predicted molar refractivity (Wildman–Crippen MR) is 67.7 cm³/mol. The highest BCUT2D eigenvalue weighted by atomic mass is 32.1. The van der Waals surface area contributed by atoms with Crippen molar-refractivity contribution in [3.8, 4) is 0 Å². The molecule has 1 rings (SSSR count). The van der Waals surface area contributed by atoms with Crippen LogP contribution in [0.2, 0.25) is 0 Å². The van der Waals surface area contributed by atoms with Crippen molar-refractivity contribution < 1.29 is 4.79 Å². The highest BCUT2D eigenvalue weighted by Crippen LogP contribution is 2.25. The molecule has 0 aliphatic carbocycles. The lowest BCUT2D eigenvalue weighted by Gasteiger charge is -2.08. The van der Waals surface area contributed by atoms with E-state index in [0.29, 0.717) is 17.5 Å². The molecule has 0 saturated heterocycles. The van der Waals surface area contributed by atoms with E-state index in [1.807, 2.05) is 6.92 Å². The van der Waals surface area contributed by atoms with Crippen molar-refractivity contribution in [2.75, 3.05) is 5.32 Å². The Bertz CT molecular complexity index is 349. The second-order valence-corrected chi connectivity index (χ2v) is 5.17. The standard InChI is InChI=1S/C11H19N3OS/c1-4-5-8(12)10(15)14-11-13-6-9(16-11)7(2)3/h6-8H,4-5,12H2,1-3H3,(H,13,14,15). The van der Waals surface area contributed by atoms with Crippen molar-refractivity contribution in [1.29, 1.82) is 0 Å². The Morgan fingerprint density at radius 2 is 2.31 bits per heavy atom. The third-order valence-electron chi connectivity index (χ3n) is 2.26.